The van der Waals surface area contributed by atoms with Gasteiger partial charge in [-0.25, -0.2) is 18.4 Å². The molecule has 0 saturated heterocycles. The molecule has 0 radical (unpaired) electrons. The van der Waals surface area contributed by atoms with Crippen molar-refractivity contribution >= 4 is 65.0 Å². The molecule has 0 amide bonds. The molecular formula is C34H24Cl2F2N6O5. The molecule has 0 spiro atoms. The highest BCUT2D eigenvalue weighted by Gasteiger charge is 2.36. The highest BCUT2D eigenvalue weighted by atomic mass is 35.5. The molecule has 11 nitrogen and oxygen atoms in total. The number of carbonyl (C=O) groups is 2. The SMILES string of the molecule is C=Cc1ccc(C=NC2c3cc(F)c(Cl)cc3N=NC2C(=O)O)cc1.O=C(O)C1N=Nc2cc(Cl)c(F)cc2C1N=Cc1ccc(O)cc1. The van der Waals surface area contributed by atoms with E-state index >= 15 is 0 Å². The molecule has 3 N–H and O–H groups in total. The summed E-state index contributed by atoms with van der Waals surface area (Å²) in [5.41, 5.74) is 3.61. The predicted octanol–water partition coefficient (Wildman–Crippen LogP) is 8.73. The Bertz CT molecular complexity index is 2040. The number of rotatable bonds is 7. The number of benzene rings is 4. The molecule has 49 heavy (non-hydrogen) atoms. The summed E-state index contributed by atoms with van der Waals surface area (Å²) in [6.45, 7) is 3.68. The molecule has 4 atom stereocenters. The fraction of sp³-hybridized carbons (Fsp3) is 0.118. The van der Waals surface area contributed by atoms with E-state index in [2.05, 4.69) is 37.0 Å². The standard InChI is InChI=1S/C18H13ClFN3O2.C16H11ClFN3O3/c1-2-10-3-5-11(6-4-10)9-21-16-12-7-14(20)13(19)8-15(12)22-23-17(16)18(24)25;17-11-6-13-10(5-12(11)18)14(15(16(23)24)21-20-13)19-7-8-1-3-9(22)4-2-8/h2-9,16-17H,1H2,(H,24,25);1-7,14-15,22H,(H,23,24). The van der Waals surface area contributed by atoms with Crippen molar-refractivity contribution in [1.29, 1.82) is 0 Å². The number of fused-ring (bicyclic) bond motifs is 2. The van der Waals surface area contributed by atoms with Gasteiger partial charge in [0.15, 0.2) is 12.1 Å². The molecule has 0 aromatic heterocycles. The number of carboxylic acids is 2. The highest BCUT2D eigenvalue weighted by Crippen LogP contribution is 2.40. The molecule has 2 aliphatic rings. The number of phenols is 1. The summed E-state index contributed by atoms with van der Waals surface area (Å²) in [6, 6.07) is 14.1. The lowest BCUT2D eigenvalue weighted by Gasteiger charge is -2.22. The van der Waals surface area contributed by atoms with Crippen LogP contribution in [0.5, 0.6) is 5.75 Å². The zero-order valence-electron chi connectivity index (χ0n) is 25.0. The van der Waals surface area contributed by atoms with Gasteiger partial charge in [0.05, 0.1) is 21.4 Å². The smallest absolute Gasteiger partial charge is 0.333 e. The van der Waals surface area contributed by atoms with Gasteiger partial charge in [0.25, 0.3) is 0 Å². The number of hydrogen-bond donors (Lipinski definition) is 3. The van der Waals surface area contributed by atoms with E-state index < -0.39 is 47.7 Å². The molecule has 248 valence electrons. The zero-order valence-corrected chi connectivity index (χ0v) is 26.5. The molecule has 0 aliphatic carbocycles. The third-order valence-electron chi connectivity index (χ3n) is 7.29. The van der Waals surface area contributed by atoms with Crippen LogP contribution in [0, 0.1) is 11.6 Å². The molecule has 15 heteroatoms. The Morgan fingerprint density at radius 2 is 1.08 bits per heavy atom. The van der Waals surface area contributed by atoms with Crippen LogP contribution in [0.1, 0.15) is 39.9 Å². The van der Waals surface area contributed by atoms with Crippen LogP contribution in [0.4, 0.5) is 20.2 Å². The van der Waals surface area contributed by atoms with Crippen molar-refractivity contribution in [3.63, 3.8) is 0 Å². The summed E-state index contributed by atoms with van der Waals surface area (Å²) >= 11 is 11.5. The fourth-order valence-electron chi connectivity index (χ4n) is 4.77. The Balaban J connectivity index is 0.000000191. The quantitative estimate of drug-likeness (QED) is 0.163. The van der Waals surface area contributed by atoms with Crippen molar-refractivity contribution in [3.8, 4) is 5.75 Å². The van der Waals surface area contributed by atoms with Crippen LogP contribution < -0.4 is 0 Å². The third-order valence-corrected chi connectivity index (χ3v) is 7.87. The molecule has 0 fully saturated rings. The Labute approximate surface area is 287 Å². The van der Waals surface area contributed by atoms with Gasteiger partial charge in [-0.1, -0.05) is 60.1 Å². The van der Waals surface area contributed by atoms with Gasteiger partial charge in [-0.15, -0.1) is 0 Å². The molecule has 6 rings (SSSR count). The second-order valence-electron chi connectivity index (χ2n) is 10.6. The Morgan fingerprint density at radius 1 is 0.694 bits per heavy atom. The molecule has 0 bridgehead atoms. The first-order valence-electron chi connectivity index (χ1n) is 14.3. The van der Waals surface area contributed by atoms with Gasteiger partial charge in [-0.05, 0) is 65.2 Å². The van der Waals surface area contributed by atoms with Crippen molar-refractivity contribution < 1.29 is 33.7 Å². The average molecular weight is 706 g/mol. The first-order chi connectivity index (χ1) is 23.4. The van der Waals surface area contributed by atoms with Crippen LogP contribution in [-0.2, 0) is 9.59 Å². The number of aliphatic carboxylic acids is 2. The van der Waals surface area contributed by atoms with Crippen LogP contribution in [0.25, 0.3) is 6.08 Å². The topological polar surface area (TPSA) is 169 Å². The van der Waals surface area contributed by atoms with E-state index in [1.54, 1.807) is 18.2 Å². The van der Waals surface area contributed by atoms with E-state index in [0.717, 1.165) is 23.3 Å². The third kappa shape index (κ3) is 8.08. The summed E-state index contributed by atoms with van der Waals surface area (Å²) in [6.07, 6.45) is 4.69. The summed E-state index contributed by atoms with van der Waals surface area (Å²) in [7, 11) is 0. The van der Waals surface area contributed by atoms with E-state index in [1.807, 2.05) is 24.3 Å². The van der Waals surface area contributed by atoms with Gasteiger partial charge in [-0.2, -0.15) is 20.5 Å². The zero-order chi connectivity index (χ0) is 35.2. The molecular weight excluding hydrogens is 681 g/mol. The van der Waals surface area contributed by atoms with Gasteiger partial charge in [0.2, 0.25) is 0 Å². The molecule has 4 aromatic rings. The van der Waals surface area contributed by atoms with E-state index in [-0.39, 0.29) is 21.5 Å². The summed E-state index contributed by atoms with van der Waals surface area (Å²) < 4.78 is 27.6. The first kappa shape index (κ1) is 34.7. The summed E-state index contributed by atoms with van der Waals surface area (Å²) in [5.74, 6) is -3.63. The number of azo groups is 2. The van der Waals surface area contributed by atoms with E-state index in [1.165, 1.54) is 36.7 Å². The van der Waals surface area contributed by atoms with E-state index in [9.17, 15) is 33.7 Å². The average Bonchev–Trinajstić information content (AvgIpc) is 3.08. The number of halogens is 4. The second-order valence-corrected chi connectivity index (χ2v) is 11.4. The van der Waals surface area contributed by atoms with Crippen LogP contribution >= 0.6 is 23.2 Å². The first-order valence-corrected chi connectivity index (χ1v) is 15.0. The van der Waals surface area contributed by atoms with Gasteiger partial charge >= 0.3 is 11.9 Å². The largest absolute Gasteiger partial charge is 0.508 e. The van der Waals surface area contributed by atoms with Gasteiger partial charge in [0.1, 0.15) is 29.5 Å². The Kier molecular flexibility index (Phi) is 10.6. The lowest BCUT2D eigenvalue weighted by atomic mass is 9.97. The van der Waals surface area contributed by atoms with Gasteiger partial charge in [0, 0.05) is 23.6 Å². The van der Waals surface area contributed by atoms with Crippen molar-refractivity contribution in [3.05, 3.63) is 129 Å². The fourth-order valence-corrected chi connectivity index (χ4v) is 5.09. The number of aromatic hydroxyl groups is 1. The molecule has 0 saturated carbocycles. The molecule has 2 heterocycles. The van der Waals surface area contributed by atoms with Crippen molar-refractivity contribution in [2.75, 3.05) is 0 Å². The normalized spacial score (nSPS) is 19.2. The minimum atomic E-state index is -1.26. The van der Waals surface area contributed by atoms with E-state index in [4.69, 9.17) is 23.2 Å². The number of nitrogens with zero attached hydrogens (tertiary/aromatic N) is 6. The van der Waals surface area contributed by atoms with Gasteiger partial charge < -0.3 is 15.3 Å². The summed E-state index contributed by atoms with van der Waals surface area (Å²) in [4.78, 5) is 31.4. The minimum Gasteiger partial charge on any atom is -0.508 e. The van der Waals surface area contributed by atoms with Crippen LogP contribution in [0.2, 0.25) is 10.0 Å². The Morgan fingerprint density at radius 3 is 1.47 bits per heavy atom. The summed E-state index contributed by atoms with van der Waals surface area (Å²) in [5, 5.41) is 42.9. The minimum absolute atomic E-state index is 0.101. The Hall–Kier alpha value is -5.66. The maximum atomic E-state index is 13.8. The lowest BCUT2D eigenvalue weighted by Crippen LogP contribution is -2.27. The maximum absolute atomic E-state index is 13.8. The number of phenolic OH excluding ortho intramolecular Hbond substituents is 1. The van der Waals surface area contributed by atoms with Crippen molar-refractivity contribution in [1.82, 2.24) is 0 Å². The van der Waals surface area contributed by atoms with Gasteiger partial charge in [-0.3, -0.25) is 9.98 Å². The van der Waals surface area contributed by atoms with Crippen LogP contribution in [0.15, 0.2) is 110 Å². The van der Waals surface area contributed by atoms with Crippen LogP contribution in [-0.4, -0.2) is 51.8 Å². The second kappa shape index (κ2) is 15.0. The number of aliphatic imine (C=N–C) groups is 2. The van der Waals surface area contributed by atoms with Crippen LogP contribution in [0.3, 0.4) is 0 Å². The molecule has 2 aliphatic heterocycles. The molecule has 4 aromatic carbocycles. The maximum Gasteiger partial charge on any atom is 0.333 e. The number of hydrogen-bond acceptors (Lipinski definition) is 9. The predicted molar refractivity (Wildman–Crippen MR) is 180 cm³/mol. The monoisotopic (exact) mass is 704 g/mol. The van der Waals surface area contributed by atoms with Crippen molar-refractivity contribution in [2.24, 2.45) is 30.4 Å². The lowest BCUT2D eigenvalue weighted by molar-refractivity contribution is -0.140. The molecule has 4 unspecified atom stereocenters. The van der Waals surface area contributed by atoms with E-state index in [0.29, 0.717) is 22.4 Å². The number of carboxylic acid groups (broad SMARTS) is 2. The highest BCUT2D eigenvalue weighted by molar-refractivity contribution is 6.31. The van der Waals surface area contributed by atoms with Crippen molar-refractivity contribution in [2.45, 2.75) is 24.2 Å².